The number of aryl methyl sites for hydroxylation is 1. The van der Waals surface area contributed by atoms with Crippen LogP contribution in [0.3, 0.4) is 0 Å². The molecule has 6 nitrogen and oxygen atoms in total. The number of rotatable bonds is 8. The Morgan fingerprint density at radius 1 is 1.03 bits per heavy atom. The van der Waals surface area contributed by atoms with Gasteiger partial charge in [-0.25, -0.2) is 4.98 Å². The number of imidazole rings is 1. The van der Waals surface area contributed by atoms with Gasteiger partial charge in [0.2, 0.25) is 5.91 Å². The first-order valence-electron chi connectivity index (χ1n) is 11.4. The average Bonchev–Trinajstić information content (AvgIpc) is 3.41. The number of ether oxygens (including phenoxy) is 1. The topological polar surface area (TPSA) is 60.3 Å². The van der Waals surface area contributed by atoms with E-state index in [9.17, 15) is 4.79 Å². The van der Waals surface area contributed by atoms with Gasteiger partial charge in [0.05, 0.1) is 17.2 Å². The lowest BCUT2D eigenvalue weighted by Crippen LogP contribution is -2.26. The summed E-state index contributed by atoms with van der Waals surface area (Å²) in [5.74, 6) is 1.19. The lowest BCUT2D eigenvalue weighted by atomic mass is 10.0. The van der Waals surface area contributed by atoms with Crippen LogP contribution in [0.1, 0.15) is 32.0 Å². The Kier molecular flexibility index (Phi) is 5.86. The molecule has 0 radical (unpaired) electrons. The molecule has 0 unspecified atom stereocenters. The Labute approximate surface area is 187 Å². The van der Waals surface area contributed by atoms with Crippen molar-refractivity contribution in [1.82, 2.24) is 19.4 Å². The molecule has 164 valence electrons. The van der Waals surface area contributed by atoms with Gasteiger partial charge in [-0.15, -0.1) is 0 Å². The molecule has 6 heteroatoms. The molecule has 4 aromatic rings. The van der Waals surface area contributed by atoms with Crippen molar-refractivity contribution in [2.45, 2.75) is 39.3 Å². The van der Waals surface area contributed by atoms with E-state index in [0.717, 1.165) is 65.8 Å². The first-order valence-corrected chi connectivity index (χ1v) is 11.4. The second-order valence-electron chi connectivity index (χ2n) is 8.24. The van der Waals surface area contributed by atoms with Crippen LogP contribution in [0.25, 0.3) is 33.1 Å². The molecular weight excluding hydrogens is 400 g/mol. The fraction of sp³-hybridized carbons (Fsp3) is 0.346. The van der Waals surface area contributed by atoms with Crippen LogP contribution >= 0.6 is 0 Å². The Morgan fingerprint density at radius 3 is 2.69 bits per heavy atom. The third-order valence-corrected chi connectivity index (χ3v) is 6.18. The van der Waals surface area contributed by atoms with Crippen LogP contribution in [0, 0.1) is 0 Å². The maximum absolute atomic E-state index is 12.0. The van der Waals surface area contributed by atoms with E-state index in [1.54, 1.807) is 0 Å². The van der Waals surface area contributed by atoms with Gasteiger partial charge in [-0.1, -0.05) is 42.5 Å². The van der Waals surface area contributed by atoms with Gasteiger partial charge in [0.15, 0.2) is 0 Å². The number of hydrogen-bond donors (Lipinski definition) is 0. The molecule has 1 saturated heterocycles. The van der Waals surface area contributed by atoms with Gasteiger partial charge in [0.25, 0.3) is 0 Å². The molecular formula is C26H28N4O2. The molecule has 0 spiro atoms. The van der Waals surface area contributed by atoms with E-state index in [4.69, 9.17) is 14.7 Å². The van der Waals surface area contributed by atoms with E-state index < -0.39 is 0 Å². The maximum Gasteiger partial charge on any atom is 0.222 e. The van der Waals surface area contributed by atoms with E-state index in [0.29, 0.717) is 19.6 Å². The molecule has 0 saturated carbocycles. The fourth-order valence-corrected chi connectivity index (χ4v) is 4.58. The highest BCUT2D eigenvalue weighted by molar-refractivity contribution is 6.03. The number of benzene rings is 2. The molecule has 32 heavy (non-hydrogen) atoms. The minimum atomic E-state index is 0.276. The van der Waals surface area contributed by atoms with Gasteiger partial charge in [-0.05, 0) is 37.0 Å². The van der Waals surface area contributed by atoms with Crippen molar-refractivity contribution in [3.63, 3.8) is 0 Å². The number of nitrogens with zero attached hydrogens (tertiary/aromatic N) is 4. The van der Waals surface area contributed by atoms with Crippen molar-refractivity contribution in [3.05, 3.63) is 60.6 Å². The van der Waals surface area contributed by atoms with Crippen LogP contribution in [0.4, 0.5) is 0 Å². The van der Waals surface area contributed by atoms with E-state index in [2.05, 4.69) is 47.0 Å². The van der Waals surface area contributed by atoms with Gasteiger partial charge in [-0.2, -0.15) is 0 Å². The molecule has 1 aliphatic rings. The number of carbonyl (C=O) groups excluding carboxylic acids is 1. The minimum Gasteiger partial charge on any atom is -0.374 e. The zero-order valence-corrected chi connectivity index (χ0v) is 18.5. The smallest absolute Gasteiger partial charge is 0.222 e. The number of amides is 1. The van der Waals surface area contributed by atoms with Crippen molar-refractivity contribution in [2.24, 2.45) is 0 Å². The molecule has 1 amide bonds. The summed E-state index contributed by atoms with van der Waals surface area (Å²) in [6.45, 7) is 5.57. The van der Waals surface area contributed by atoms with Crippen LogP contribution in [-0.4, -0.2) is 45.0 Å². The number of likely N-dealkylation sites (tertiary alicyclic amines) is 1. The number of hydrogen-bond acceptors (Lipinski definition) is 4. The Hall–Kier alpha value is -3.25. The zero-order chi connectivity index (χ0) is 21.9. The van der Waals surface area contributed by atoms with Gasteiger partial charge in [0.1, 0.15) is 17.9 Å². The molecule has 5 rings (SSSR count). The molecule has 0 atom stereocenters. The van der Waals surface area contributed by atoms with Crippen molar-refractivity contribution < 1.29 is 9.53 Å². The molecule has 0 aliphatic carbocycles. The lowest BCUT2D eigenvalue weighted by molar-refractivity contribution is -0.127. The second kappa shape index (κ2) is 9.09. The third kappa shape index (κ3) is 3.98. The van der Waals surface area contributed by atoms with E-state index in [-0.39, 0.29) is 5.91 Å². The highest BCUT2D eigenvalue weighted by Gasteiger charge is 2.20. The summed E-state index contributed by atoms with van der Waals surface area (Å²) in [6, 6.07) is 16.8. The van der Waals surface area contributed by atoms with Crippen molar-refractivity contribution >= 4 is 27.8 Å². The number of carbonyl (C=O) groups is 1. The standard InChI is InChI=1S/C26H28N4O2/c1-2-32-18-24-28-23-17-27-22-16-20(19-8-4-3-5-9-19)11-12-21(22)26(23)30(24)15-7-14-29-13-6-10-25(29)31/h3-5,8-9,11-12,16-17H,2,6-7,10,13-15,18H2,1H3. The summed E-state index contributed by atoms with van der Waals surface area (Å²) in [5.41, 5.74) is 5.27. The van der Waals surface area contributed by atoms with Crippen LogP contribution in [0.15, 0.2) is 54.7 Å². The first kappa shape index (κ1) is 20.6. The summed E-state index contributed by atoms with van der Waals surface area (Å²) >= 11 is 0. The molecule has 2 aromatic carbocycles. The SMILES string of the molecule is CCOCc1nc2cnc3cc(-c4ccccc4)ccc3c2n1CCCN1CCCC1=O. The molecule has 1 aliphatic heterocycles. The van der Waals surface area contributed by atoms with E-state index >= 15 is 0 Å². The minimum absolute atomic E-state index is 0.276. The average molecular weight is 429 g/mol. The van der Waals surface area contributed by atoms with Crippen LogP contribution in [-0.2, 0) is 22.7 Å². The summed E-state index contributed by atoms with van der Waals surface area (Å²) in [6.07, 6.45) is 4.41. The number of fused-ring (bicyclic) bond motifs is 3. The quantitative estimate of drug-likeness (QED) is 0.404. The van der Waals surface area contributed by atoms with E-state index in [1.165, 1.54) is 5.56 Å². The molecule has 0 N–H and O–H groups in total. The predicted octanol–water partition coefficient (Wildman–Crippen LogP) is 4.80. The van der Waals surface area contributed by atoms with Crippen LogP contribution in [0.2, 0.25) is 0 Å². The third-order valence-electron chi connectivity index (χ3n) is 6.18. The van der Waals surface area contributed by atoms with Crippen molar-refractivity contribution in [1.29, 1.82) is 0 Å². The molecule has 0 bridgehead atoms. The van der Waals surface area contributed by atoms with Gasteiger partial charge >= 0.3 is 0 Å². The molecule has 1 fully saturated rings. The number of aromatic nitrogens is 3. The van der Waals surface area contributed by atoms with Gasteiger partial charge < -0.3 is 14.2 Å². The number of pyridine rings is 1. The Balaban J connectivity index is 1.52. The second-order valence-corrected chi connectivity index (χ2v) is 8.24. The molecule has 3 heterocycles. The first-order chi connectivity index (χ1) is 15.7. The van der Waals surface area contributed by atoms with Crippen molar-refractivity contribution in [2.75, 3.05) is 19.7 Å². The van der Waals surface area contributed by atoms with Gasteiger partial charge in [-0.3, -0.25) is 9.78 Å². The summed E-state index contributed by atoms with van der Waals surface area (Å²) in [4.78, 5) is 23.5. The predicted molar refractivity (Wildman–Crippen MR) is 126 cm³/mol. The van der Waals surface area contributed by atoms with Crippen LogP contribution < -0.4 is 0 Å². The highest BCUT2D eigenvalue weighted by Crippen LogP contribution is 2.29. The Morgan fingerprint density at radius 2 is 1.91 bits per heavy atom. The van der Waals surface area contributed by atoms with Gasteiger partial charge in [0, 0.05) is 38.0 Å². The fourth-order valence-electron chi connectivity index (χ4n) is 4.58. The largest absolute Gasteiger partial charge is 0.374 e. The lowest BCUT2D eigenvalue weighted by Gasteiger charge is -2.16. The van der Waals surface area contributed by atoms with Crippen LogP contribution in [0.5, 0.6) is 0 Å². The molecule has 2 aromatic heterocycles. The highest BCUT2D eigenvalue weighted by atomic mass is 16.5. The maximum atomic E-state index is 12.0. The normalized spacial score (nSPS) is 14.2. The zero-order valence-electron chi connectivity index (χ0n) is 18.5. The van der Waals surface area contributed by atoms with Crippen molar-refractivity contribution in [3.8, 4) is 11.1 Å². The summed E-state index contributed by atoms with van der Waals surface area (Å²) in [7, 11) is 0. The van der Waals surface area contributed by atoms with E-state index in [1.807, 2.05) is 24.1 Å². The summed E-state index contributed by atoms with van der Waals surface area (Å²) in [5, 5.41) is 1.09. The Bertz CT molecular complexity index is 1250. The summed E-state index contributed by atoms with van der Waals surface area (Å²) < 4.78 is 7.97. The monoisotopic (exact) mass is 428 g/mol.